The van der Waals surface area contributed by atoms with Crippen molar-refractivity contribution in [2.45, 2.75) is 39.7 Å². The van der Waals surface area contributed by atoms with Gasteiger partial charge in [0.05, 0.1) is 0 Å². The summed E-state index contributed by atoms with van der Waals surface area (Å²) >= 11 is 0. The van der Waals surface area contributed by atoms with Crippen LogP contribution < -0.4 is 5.32 Å². The van der Waals surface area contributed by atoms with Crippen molar-refractivity contribution in [2.75, 3.05) is 6.54 Å². The number of halogens is 1. The fourth-order valence-corrected chi connectivity index (χ4v) is 2.62. The molecule has 21 heavy (non-hydrogen) atoms. The van der Waals surface area contributed by atoms with Gasteiger partial charge in [-0.05, 0) is 53.8 Å². The summed E-state index contributed by atoms with van der Waals surface area (Å²) in [6.07, 6.45) is 0. The van der Waals surface area contributed by atoms with Crippen LogP contribution in [0.15, 0.2) is 42.5 Å². The Morgan fingerprint density at radius 3 is 2.24 bits per heavy atom. The average molecular weight is 285 g/mol. The van der Waals surface area contributed by atoms with Gasteiger partial charge in [-0.3, -0.25) is 0 Å². The maximum Gasteiger partial charge on any atom is 0.123 e. The first kappa shape index (κ1) is 15.7. The molecule has 0 saturated carbocycles. The van der Waals surface area contributed by atoms with Crippen LogP contribution in [-0.4, -0.2) is 6.54 Å². The summed E-state index contributed by atoms with van der Waals surface area (Å²) in [5, 5.41) is 3.40. The standard InChI is InChI=1S/C19H24FN/c1-5-21-14(4)18-11-10-17(20)12-19(18)16-8-6-15(7-9-16)13(2)3/h6-14,21H,5H2,1-4H3. The van der Waals surface area contributed by atoms with E-state index in [9.17, 15) is 4.39 Å². The zero-order valence-electron chi connectivity index (χ0n) is 13.3. The highest BCUT2D eigenvalue weighted by atomic mass is 19.1. The largest absolute Gasteiger partial charge is 0.310 e. The molecule has 0 fully saturated rings. The van der Waals surface area contributed by atoms with Gasteiger partial charge in [0.2, 0.25) is 0 Å². The topological polar surface area (TPSA) is 12.0 Å². The van der Waals surface area contributed by atoms with E-state index in [-0.39, 0.29) is 11.9 Å². The van der Waals surface area contributed by atoms with E-state index >= 15 is 0 Å². The van der Waals surface area contributed by atoms with Crippen molar-refractivity contribution < 1.29 is 4.39 Å². The van der Waals surface area contributed by atoms with E-state index in [4.69, 9.17) is 0 Å². The van der Waals surface area contributed by atoms with E-state index in [1.54, 1.807) is 6.07 Å². The van der Waals surface area contributed by atoms with Gasteiger partial charge in [-0.2, -0.15) is 0 Å². The number of hydrogen-bond donors (Lipinski definition) is 1. The van der Waals surface area contributed by atoms with Crippen LogP contribution in [0.2, 0.25) is 0 Å². The van der Waals surface area contributed by atoms with E-state index in [1.807, 2.05) is 6.07 Å². The van der Waals surface area contributed by atoms with Crippen LogP contribution in [0.3, 0.4) is 0 Å². The van der Waals surface area contributed by atoms with Crippen molar-refractivity contribution in [3.63, 3.8) is 0 Å². The van der Waals surface area contributed by atoms with Crippen LogP contribution in [0, 0.1) is 5.82 Å². The average Bonchev–Trinajstić information content (AvgIpc) is 2.47. The van der Waals surface area contributed by atoms with Crippen molar-refractivity contribution in [3.05, 3.63) is 59.4 Å². The monoisotopic (exact) mass is 285 g/mol. The molecule has 0 aliphatic heterocycles. The van der Waals surface area contributed by atoms with Crippen LogP contribution in [0.5, 0.6) is 0 Å². The Labute approximate surface area is 127 Å². The van der Waals surface area contributed by atoms with Crippen LogP contribution in [0.4, 0.5) is 4.39 Å². The van der Waals surface area contributed by atoms with Gasteiger partial charge in [-0.15, -0.1) is 0 Å². The van der Waals surface area contributed by atoms with Crippen molar-refractivity contribution >= 4 is 0 Å². The quantitative estimate of drug-likeness (QED) is 0.787. The van der Waals surface area contributed by atoms with Gasteiger partial charge in [0.1, 0.15) is 5.82 Å². The zero-order valence-corrected chi connectivity index (χ0v) is 13.3. The van der Waals surface area contributed by atoms with Gasteiger partial charge in [0.25, 0.3) is 0 Å². The fraction of sp³-hybridized carbons (Fsp3) is 0.368. The van der Waals surface area contributed by atoms with Gasteiger partial charge < -0.3 is 5.32 Å². The molecule has 0 saturated heterocycles. The maximum atomic E-state index is 13.7. The third-order valence-corrected chi connectivity index (χ3v) is 3.88. The van der Waals surface area contributed by atoms with Gasteiger partial charge in [0, 0.05) is 6.04 Å². The minimum absolute atomic E-state index is 0.189. The normalized spacial score (nSPS) is 12.7. The maximum absolute atomic E-state index is 13.7. The number of rotatable bonds is 5. The van der Waals surface area contributed by atoms with Crippen molar-refractivity contribution in [1.29, 1.82) is 0 Å². The summed E-state index contributed by atoms with van der Waals surface area (Å²) in [6.45, 7) is 9.44. The number of hydrogen-bond acceptors (Lipinski definition) is 1. The molecule has 0 radical (unpaired) electrons. The summed E-state index contributed by atoms with van der Waals surface area (Å²) in [4.78, 5) is 0. The Morgan fingerprint density at radius 1 is 1.00 bits per heavy atom. The Morgan fingerprint density at radius 2 is 1.67 bits per heavy atom. The SMILES string of the molecule is CCNC(C)c1ccc(F)cc1-c1ccc(C(C)C)cc1. The van der Waals surface area contributed by atoms with Crippen LogP contribution in [-0.2, 0) is 0 Å². The first-order valence-corrected chi connectivity index (χ1v) is 7.66. The second-order valence-electron chi connectivity index (χ2n) is 5.79. The van der Waals surface area contributed by atoms with Crippen molar-refractivity contribution in [2.24, 2.45) is 0 Å². The summed E-state index contributed by atoms with van der Waals surface area (Å²) < 4.78 is 13.7. The number of benzene rings is 2. The molecule has 2 aromatic carbocycles. The summed E-state index contributed by atoms with van der Waals surface area (Å²) in [7, 11) is 0. The zero-order chi connectivity index (χ0) is 15.4. The molecule has 0 heterocycles. The summed E-state index contributed by atoms with van der Waals surface area (Å²) in [5.41, 5.74) is 4.48. The van der Waals surface area contributed by atoms with Gasteiger partial charge in [-0.1, -0.05) is 51.1 Å². The molecule has 2 aromatic rings. The molecule has 0 amide bonds. The van der Waals surface area contributed by atoms with E-state index < -0.39 is 0 Å². The Kier molecular flexibility index (Phi) is 5.13. The molecule has 2 rings (SSSR count). The first-order valence-electron chi connectivity index (χ1n) is 7.66. The molecule has 0 bridgehead atoms. The molecule has 0 aliphatic carbocycles. The minimum Gasteiger partial charge on any atom is -0.310 e. The highest BCUT2D eigenvalue weighted by Crippen LogP contribution is 2.30. The predicted molar refractivity (Wildman–Crippen MR) is 88.0 cm³/mol. The molecule has 1 atom stereocenters. The fourth-order valence-electron chi connectivity index (χ4n) is 2.62. The van der Waals surface area contributed by atoms with Gasteiger partial charge >= 0.3 is 0 Å². The van der Waals surface area contributed by atoms with Crippen molar-refractivity contribution in [1.82, 2.24) is 5.32 Å². The lowest BCUT2D eigenvalue weighted by molar-refractivity contribution is 0.593. The minimum atomic E-state index is -0.189. The molecule has 0 aromatic heterocycles. The highest BCUT2D eigenvalue weighted by Gasteiger charge is 2.12. The molecular formula is C19H24FN. The third kappa shape index (κ3) is 3.70. The predicted octanol–water partition coefficient (Wildman–Crippen LogP) is 5.29. The van der Waals surface area contributed by atoms with Gasteiger partial charge in [0.15, 0.2) is 0 Å². The molecule has 1 nitrogen and oxygen atoms in total. The smallest absolute Gasteiger partial charge is 0.123 e. The molecule has 112 valence electrons. The van der Waals surface area contributed by atoms with Crippen LogP contribution in [0.25, 0.3) is 11.1 Å². The lowest BCUT2D eigenvalue weighted by Crippen LogP contribution is -2.18. The van der Waals surface area contributed by atoms with Crippen LogP contribution >= 0.6 is 0 Å². The Balaban J connectivity index is 2.43. The second kappa shape index (κ2) is 6.86. The van der Waals surface area contributed by atoms with Gasteiger partial charge in [-0.25, -0.2) is 4.39 Å². The third-order valence-electron chi connectivity index (χ3n) is 3.88. The van der Waals surface area contributed by atoms with Crippen LogP contribution in [0.1, 0.15) is 50.8 Å². The molecular weight excluding hydrogens is 261 g/mol. The van der Waals surface area contributed by atoms with E-state index in [0.717, 1.165) is 23.2 Å². The molecule has 0 aliphatic rings. The highest BCUT2D eigenvalue weighted by molar-refractivity contribution is 5.68. The second-order valence-corrected chi connectivity index (χ2v) is 5.79. The Bertz CT molecular complexity index is 587. The Hall–Kier alpha value is -1.67. The molecule has 0 spiro atoms. The summed E-state index contributed by atoms with van der Waals surface area (Å²) in [6, 6.07) is 13.7. The lowest BCUT2D eigenvalue weighted by atomic mass is 9.93. The number of nitrogens with one attached hydrogen (secondary N) is 1. The van der Waals surface area contributed by atoms with E-state index in [1.165, 1.54) is 11.6 Å². The van der Waals surface area contributed by atoms with E-state index in [0.29, 0.717) is 5.92 Å². The summed E-state index contributed by atoms with van der Waals surface area (Å²) in [5.74, 6) is 0.317. The first-order chi connectivity index (χ1) is 10.0. The van der Waals surface area contributed by atoms with Crippen molar-refractivity contribution in [3.8, 4) is 11.1 Å². The van der Waals surface area contributed by atoms with E-state index in [2.05, 4.69) is 57.3 Å². The lowest BCUT2D eigenvalue weighted by Gasteiger charge is -2.18. The molecule has 2 heteroatoms. The molecule has 1 unspecified atom stereocenters. The molecule has 1 N–H and O–H groups in total.